The van der Waals surface area contributed by atoms with E-state index in [2.05, 4.69) is 5.32 Å². The summed E-state index contributed by atoms with van der Waals surface area (Å²) >= 11 is 0. The first-order valence-corrected chi connectivity index (χ1v) is 6.43. The van der Waals surface area contributed by atoms with Crippen LogP contribution in [0.3, 0.4) is 0 Å². The van der Waals surface area contributed by atoms with Gasteiger partial charge in [-0.1, -0.05) is 6.42 Å². The highest BCUT2D eigenvalue weighted by molar-refractivity contribution is 5.89. The molecular formula is C12H22ClN3O2. The van der Waals surface area contributed by atoms with Crippen LogP contribution in [-0.2, 0) is 9.59 Å². The summed E-state index contributed by atoms with van der Waals surface area (Å²) in [4.78, 5) is 25.7. The summed E-state index contributed by atoms with van der Waals surface area (Å²) in [6.45, 7) is 3.55. The number of rotatable bonds is 2. The average molecular weight is 276 g/mol. The molecule has 18 heavy (non-hydrogen) atoms. The minimum atomic E-state index is -0.338. The van der Waals surface area contributed by atoms with Crippen molar-refractivity contribution in [3.63, 3.8) is 0 Å². The van der Waals surface area contributed by atoms with Gasteiger partial charge in [0.05, 0.1) is 0 Å². The predicted molar refractivity (Wildman–Crippen MR) is 71.3 cm³/mol. The molecule has 0 aromatic carbocycles. The lowest BCUT2D eigenvalue weighted by Gasteiger charge is -2.35. The van der Waals surface area contributed by atoms with E-state index in [0.717, 1.165) is 19.3 Å². The fraction of sp³-hybridized carbons (Fsp3) is 0.833. The molecule has 2 fully saturated rings. The van der Waals surface area contributed by atoms with Gasteiger partial charge in [-0.15, -0.1) is 12.4 Å². The Morgan fingerprint density at radius 1 is 1.50 bits per heavy atom. The van der Waals surface area contributed by atoms with Crippen LogP contribution in [0.15, 0.2) is 0 Å². The average Bonchev–Trinajstić information content (AvgIpc) is 2.80. The Morgan fingerprint density at radius 2 is 2.22 bits per heavy atom. The van der Waals surface area contributed by atoms with E-state index >= 15 is 0 Å². The van der Waals surface area contributed by atoms with Gasteiger partial charge in [-0.2, -0.15) is 0 Å². The quantitative estimate of drug-likeness (QED) is 0.752. The number of hydrogen-bond donors (Lipinski definition) is 2. The van der Waals surface area contributed by atoms with E-state index in [0.29, 0.717) is 25.6 Å². The van der Waals surface area contributed by atoms with Gasteiger partial charge in [-0.05, 0) is 32.2 Å². The molecule has 2 aliphatic rings. The molecule has 1 aliphatic heterocycles. The number of amides is 2. The Morgan fingerprint density at radius 3 is 2.89 bits per heavy atom. The van der Waals surface area contributed by atoms with Crippen LogP contribution in [-0.4, -0.2) is 42.4 Å². The molecular weight excluding hydrogens is 254 g/mol. The Hall–Kier alpha value is -0.810. The van der Waals surface area contributed by atoms with Crippen LogP contribution in [0.2, 0.25) is 0 Å². The van der Waals surface area contributed by atoms with Gasteiger partial charge in [0.25, 0.3) is 0 Å². The lowest BCUT2D eigenvalue weighted by molar-refractivity contribution is -0.146. The number of nitrogens with two attached hydrogens (primary N) is 1. The molecule has 1 saturated heterocycles. The van der Waals surface area contributed by atoms with Crippen LogP contribution >= 0.6 is 12.4 Å². The Balaban J connectivity index is 0.00000162. The van der Waals surface area contributed by atoms with Gasteiger partial charge in [0.2, 0.25) is 11.8 Å². The highest BCUT2D eigenvalue weighted by Gasteiger charge is 2.38. The molecule has 2 amide bonds. The Bertz CT molecular complexity index is 324. The van der Waals surface area contributed by atoms with Crippen molar-refractivity contribution in [3.8, 4) is 0 Å². The SMILES string of the molecule is CC1C(=O)NCCN1C(=O)[C@@H]1CCC[C@@H]1CN.Cl. The van der Waals surface area contributed by atoms with Crippen LogP contribution in [0.4, 0.5) is 0 Å². The van der Waals surface area contributed by atoms with Gasteiger partial charge in [-0.3, -0.25) is 9.59 Å². The number of halogens is 1. The molecule has 1 unspecified atom stereocenters. The van der Waals surface area contributed by atoms with Gasteiger partial charge < -0.3 is 16.0 Å². The van der Waals surface area contributed by atoms with E-state index in [1.807, 2.05) is 0 Å². The molecule has 2 rings (SSSR count). The second-order valence-corrected chi connectivity index (χ2v) is 5.03. The van der Waals surface area contributed by atoms with Crippen molar-refractivity contribution in [3.05, 3.63) is 0 Å². The fourth-order valence-corrected chi connectivity index (χ4v) is 2.94. The molecule has 3 N–H and O–H groups in total. The Labute approximate surface area is 114 Å². The first-order chi connectivity index (χ1) is 8.15. The maximum Gasteiger partial charge on any atom is 0.242 e. The topological polar surface area (TPSA) is 75.4 Å². The molecule has 1 heterocycles. The van der Waals surface area contributed by atoms with Crippen molar-refractivity contribution in [2.75, 3.05) is 19.6 Å². The van der Waals surface area contributed by atoms with Crippen molar-refractivity contribution >= 4 is 24.2 Å². The fourth-order valence-electron chi connectivity index (χ4n) is 2.94. The van der Waals surface area contributed by atoms with Gasteiger partial charge >= 0.3 is 0 Å². The number of nitrogens with zero attached hydrogens (tertiary/aromatic N) is 1. The van der Waals surface area contributed by atoms with E-state index in [1.54, 1.807) is 11.8 Å². The molecule has 1 saturated carbocycles. The zero-order valence-electron chi connectivity index (χ0n) is 10.7. The zero-order valence-corrected chi connectivity index (χ0v) is 11.5. The van der Waals surface area contributed by atoms with Gasteiger partial charge in [0, 0.05) is 19.0 Å². The monoisotopic (exact) mass is 275 g/mol. The van der Waals surface area contributed by atoms with Gasteiger partial charge in [0.1, 0.15) is 6.04 Å². The number of hydrogen-bond acceptors (Lipinski definition) is 3. The molecule has 0 aromatic heterocycles. The lowest BCUT2D eigenvalue weighted by atomic mass is 9.94. The molecule has 104 valence electrons. The molecule has 1 aliphatic carbocycles. The van der Waals surface area contributed by atoms with E-state index in [-0.39, 0.29) is 36.2 Å². The van der Waals surface area contributed by atoms with E-state index in [9.17, 15) is 9.59 Å². The minimum absolute atomic E-state index is 0. The predicted octanol–water partition coefficient (Wildman–Crippen LogP) is 0.130. The number of carbonyl (C=O) groups is 2. The maximum atomic E-state index is 12.4. The van der Waals surface area contributed by atoms with E-state index in [1.165, 1.54) is 0 Å². The molecule has 0 radical (unpaired) electrons. The van der Waals surface area contributed by atoms with Crippen molar-refractivity contribution in [1.29, 1.82) is 0 Å². The van der Waals surface area contributed by atoms with Crippen molar-refractivity contribution in [1.82, 2.24) is 10.2 Å². The Kier molecular flexibility index (Phi) is 5.41. The summed E-state index contributed by atoms with van der Waals surface area (Å²) in [5, 5.41) is 2.77. The molecule has 0 bridgehead atoms. The van der Waals surface area contributed by atoms with Gasteiger partial charge in [-0.25, -0.2) is 0 Å². The second-order valence-electron chi connectivity index (χ2n) is 5.03. The summed E-state index contributed by atoms with van der Waals surface area (Å²) in [6, 6.07) is -0.338. The number of carbonyl (C=O) groups excluding carboxylic acids is 2. The molecule has 6 heteroatoms. The third-order valence-corrected chi connectivity index (χ3v) is 4.06. The maximum absolute atomic E-state index is 12.4. The summed E-state index contributed by atoms with van der Waals surface area (Å²) < 4.78 is 0. The minimum Gasteiger partial charge on any atom is -0.353 e. The lowest BCUT2D eigenvalue weighted by Crippen LogP contribution is -2.57. The second kappa shape index (κ2) is 6.38. The smallest absolute Gasteiger partial charge is 0.242 e. The molecule has 0 aromatic rings. The van der Waals surface area contributed by atoms with Crippen LogP contribution in [0.1, 0.15) is 26.2 Å². The van der Waals surface area contributed by atoms with Gasteiger partial charge in [0.15, 0.2) is 0 Å². The third kappa shape index (κ3) is 2.78. The van der Waals surface area contributed by atoms with Crippen LogP contribution < -0.4 is 11.1 Å². The zero-order chi connectivity index (χ0) is 12.4. The first-order valence-electron chi connectivity index (χ1n) is 6.43. The molecule has 3 atom stereocenters. The van der Waals surface area contributed by atoms with Crippen LogP contribution in [0.25, 0.3) is 0 Å². The van der Waals surface area contributed by atoms with Crippen molar-refractivity contribution < 1.29 is 9.59 Å². The summed E-state index contributed by atoms with van der Waals surface area (Å²) in [7, 11) is 0. The highest BCUT2D eigenvalue weighted by Crippen LogP contribution is 2.32. The highest BCUT2D eigenvalue weighted by atomic mass is 35.5. The first kappa shape index (κ1) is 15.2. The normalized spacial score (nSPS) is 31.8. The summed E-state index contributed by atoms with van der Waals surface area (Å²) in [5.74, 6) is 0.417. The van der Waals surface area contributed by atoms with Crippen molar-refractivity contribution in [2.45, 2.75) is 32.2 Å². The van der Waals surface area contributed by atoms with Crippen molar-refractivity contribution in [2.24, 2.45) is 17.6 Å². The third-order valence-electron chi connectivity index (χ3n) is 4.06. The molecule has 5 nitrogen and oxygen atoms in total. The largest absolute Gasteiger partial charge is 0.353 e. The van der Waals surface area contributed by atoms with E-state index in [4.69, 9.17) is 5.73 Å². The van der Waals surface area contributed by atoms with Crippen LogP contribution in [0.5, 0.6) is 0 Å². The van der Waals surface area contributed by atoms with E-state index < -0.39 is 0 Å². The number of piperazine rings is 1. The van der Waals surface area contributed by atoms with Crippen LogP contribution in [0, 0.1) is 11.8 Å². The summed E-state index contributed by atoms with van der Waals surface area (Å²) in [5.41, 5.74) is 5.70. The molecule has 0 spiro atoms. The standard InChI is InChI=1S/C12H21N3O2.ClH/c1-8-11(16)14-5-6-15(8)12(17)10-4-2-3-9(10)7-13;/h8-10H,2-7,13H2,1H3,(H,14,16);1H/t8?,9-,10-;/m1./s1. The number of nitrogens with one attached hydrogen (secondary N) is 1. The summed E-state index contributed by atoms with van der Waals surface area (Å²) in [6.07, 6.45) is 3.04.